The van der Waals surface area contributed by atoms with Crippen LogP contribution in [0.25, 0.3) is 0 Å². The Labute approximate surface area is 162 Å². The van der Waals surface area contributed by atoms with Gasteiger partial charge in [0.15, 0.2) is 0 Å². The first-order valence-corrected chi connectivity index (χ1v) is 10.8. The van der Waals surface area contributed by atoms with Crippen LogP contribution in [0.3, 0.4) is 0 Å². The average molecular weight is 389 g/mol. The highest BCUT2D eigenvalue weighted by atomic mass is 32.2. The van der Waals surface area contributed by atoms with E-state index in [-0.39, 0.29) is 6.04 Å². The van der Waals surface area contributed by atoms with Crippen LogP contribution in [-0.2, 0) is 10.0 Å². The summed E-state index contributed by atoms with van der Waals surface area (Å²) in [5, 5.41) is 0. The average Bonchev–Trinajstić information content (AvgIpc) is 3.19. The second kappa shape index (κ2) is 8.42. The molecule has 0 bridgehead atoms. The fourth-order valence-electron chi connectivity index (χ4n) is 3.49. The number of hydrogen-bond acceptors (Lipinski definition) is 4. The Balaban J connectivity index is 1.80. The number of nitrogens with zero attached hydrogens (tertiary/aromatic N) is 1. The number of nitrogens with one attached hydrogen (secondary N) is 1. The lowest BCUT2D eigenvalue weighted by Crippen LogP contribution is -2.36. The summed E-state index contributed by atoms with van der Waals surface area (Å²) in [6.45, 7) is 6.23. The second-order valence-electron chi connectivity index (χ2n) is 7.13. The molecule has 0 spiro atoms. The lowest BCUT2D eigenvalue weighted by Gasteiger charge is -2.28. The fourth-order valence-corrected chi connectivity index (χ4v) is 4.61. The van der Waals surface area contributed by atoms with Gasteiger partial charge >= 0.3 is 0 Å². The zero-order chi connectivity index (χ0) is 19.4. The van der Waals surface area contributed by atoms with E-state index >= 15 is 0 Å². The van der Waals surface area contributed by atoms with Crippen LogP contribution in [0.15, 0.2) is 47.4 Å². The third-order valence-corrected chi connectivity index (χ3v) is 6.76. The van der Waals surface area contributed by atoms with Gasteiger partial charge in [-0.1, -0.05) is 18.2 Å². The van der Waals surface area contributed by atoms with E-state index in [0.29, 0.717) is 11.4 Å². The minimum atomic E-state index is -3.55. The van der Waals surface area contributed by atoms with Gasteiger partial charge in [0.1, 0.15) is 5.75 Å². The summed E-state index contributed by atoms with van der Waals surface area (Å²) in [5.74, 6) is 0.801. The number of hydrogen-bond donors (Lipinski definition) is 1. The molecule has 2 aromatic carbocycles. The van der Waals surface area contributed by atoms with Crippen molar-refractivity contribution in [1.29, 1.82) is 0 Å². The van der Waals surface area contributed by atoms with Gasteiger partial charge in [-0.15, -0.1) is 0 Å². The maximum absolute atomic E-state index is 12.8. The highest BCUT2D eigenvalue weighted by Gasteiger charge is 2.25. The maximum Gasteiger partial charge on any atom is 0.240 e. The predicted octanol–water partition coefficient (Wildman–Crippen LogP) is 3.43. The molecule has 1 saturated heterocycles. The van der Waals surface area contributed by atoms with Crippen LogP contribution in [0.2, 0.25) is 0 Å². The van der Waals surface area contributed by atoms with E-state index in [2.05, 4.69) is 9.62 Å². The molecule has 0 saturated carbocycles. The third kappa shape index (κ3) is 4.69. The third-order valence-electron chi connectivity index (χ3n) is 5.34. The van der Waals surface area contributed by atoms with E-state index in [9.17, 15) is 8.42 Å². The Morgan fingerprint density at radius 3 is 2.30 bits per heavy atom. The molecule has 1 aliphatic heterocycles. The number of aryl methyl sites for hydroxylation is 2. The molecular weight excluding hydrogens is 360 g/mol. The lowest BCUT2D eigenvalue weighted by atomic mass is 10.1. The summed E-state index contributed by atoms with van der Waals surface area (Å²) in [6, 6.07) is 13.2. The Hall–Kier alpha value is -1.89. The normalized spacial score (nSPS) is 16.4. The molecular formula is C21H28N2O3S. The minimum Gasteiger partial charge on any atom is -0.497 e. The summed E-state index contributed by atoms with van der Waals surface area (Å²) in [7, 11) is -1.90. The van der Waals surface area contributed by atoms with Gasteiger partial charge in [0, 0.05) is 12.6 Å². The van der Waals surface area contributed by atoms with Crippen LogP contribution < -0.4 is 9.46 Å². The molecule has 0 aromatic heterocycles. The maximum atomic E-state index is 12.8. The zero-order valence-electron chi connectivity index (χ0n) is 16.2. The van der Waals surface area contributed by atoms with Gasteiger partial charge in [0.25, 0.3) is 0 Å². The summed E-state index contributed by atoms with van der Waals surface area (Å²) in [5.41, 5.74) is 3.16. The lowest BCUT2D eigenvalue weighted by molar-refractivity contribution is 0.246. The molecule has 2 aromatic rings. The molecule has 6 heteroatoms. The molecule has 5 nitrogen and oxygen atoms in total. The van der Waals surface area contributed by atoms with Crippen LogP contribution >= 0.6 is 0 Å². The summed E-state index contributed by atoms with van der Waals surface area (Å²) < 4.78 is 33.7. The van der Waals surface area contributed by atoms with Crippen molar-refractivity contribution in [3.63, 3.8) is 0 Å². The molecule has 146 valence electrons. The molecule has 1 atom stereocenters. The Morgan fingerprint density at radius 2 is 1.70 bits per heavy atom. The van der Waals surface area contributed by atoms with Gasteiger partial charge in [0.2, 0.25) is 10.0 Å². The van der Waals surface area contributed by atoms with Crippen molar-refractivity contribution in [3.8, 4) is 5.75 Å². The first-order chi connectivity index (χ1) is 12.9. The topological polar surface area (TPSA) is 58.6 Å². The standard InChI is InChI=1S/C21H28N2O3S/c1-16-6-11-20(14-17(16)2)27(24,25)22-15-21(23-12-4-5-13-23)18-7-9-19(26-3)10-8-18/h6-11,14,21-22H,4-5,12-13,15H2,1-3H3/t21-/m0/s1. The number of benzene rings is 2. The van der Waals surface area contributed by atoms with Gasteiger partial charge < -0.3 is 4.74 Å². The SMILES string of the molecule is COc1ccc([C@H](CNS(=O)(=O)c2ccc(C)c(C)c2)N2CCCC2)cc1. The van der Waals surface area contributed by atoms with Crippen LogP contribution in [0.4, 0.5) is 0 Å². The number of sulfonamides is 1. The molecule has 1 heterocycles. The molecule has 0 unspecified atom stereocenters. The second-order valence-corrected chi connectivity index (χ2v) is 8.90. The first-order valence-electron chi connectivity index (χ1n) is 9.35. The first kappa shape index (κ1) is 19.9. The molecule has 1 fully saturated rings. The summed E-state index contributed by atoms with van der Waals surface area (Å²) >= 11 is 0. The van der Waals surface area contributed by atoms with Crippen molar-refractivity contribution in [2.75, 3.05) is 26.7 Å². The molecule has 27 heavy (non-hydrogen) atoms. The van der Waals surface area contributed by atoms with Crippen LogP contribution in [0.1, 0.15) is 35.6 Å². The van der Waals surface area contributed by atoms with Crippen LogP contribution in [0, 0.1) is 13.8 Å². The van der Waals surface area contributed by atoms with E-state index in [1.807, 2.05) is 44.2 Å². The van der Waals surface area contributed by atoms with Gasteiger partial charge in [-0.05, 0) is 80.7 Å². The van der Waals surface area contributed by atoms with Crippen LogP contribution in [-0.4, -0.2) is 40.1 Å². The number of ether oxygens (including phenoxy) is 1. The van der Waals surface area contributed by atoms with E-state index in [0.717, 1.165) is 48.4 Å². The number of likely N-dealkylation sites (tertiary alicyclic amines) is 1. The summed E-state index contributed by atoms with van der Waals surface area (Å²) in [4.78, 5) is 2.67. The van der Waals surface area contributed by atoms with E-state index in [1.165, 1.54) is 0 Å². The van der Waals surface area contributed by atoms with E-state index in [4.69, 9.17) is 4.74 Å². The van der Waals surface area contributed by atoms with Crippen molar-refractivity contribution in [2.45, 2.75) is 37.6 Å². The van der Waals surface area contributed by atoms with Crippen LogP contribution in [0.5, 0.6) is 5.75 Å². The quantitative estimate of drug-likeness (QED) is 0.790. The predicted molar refractivity (Wildman–Crippen MR) is 108 cm³/mol. The highest BCUT2D eigenvalue weighted by Crippen LogP contribution is 2.27. The monoisotopic (exact) mass is 388 g/mol. The molecule has 0 amide bonds. The van der Waals surface area contributed by atoms with Crippen molar-refractivity contribution >= 4 is 10.0 Å². The van der Waals surface area contributed by atoms with Gasteiger partial charge in [-0.25, -0.2) is 13.1 Å². The molecule has 1 aliphatic rings. The molecule has 1 N–H and O–H groups in total. The van der Waals surface area contributed by atoms with Crippen molar-refractivity contribution in [2.24, 2.45) is 0 Å². The Morgan fingerprint density at radius 1 is 1.04 bits per heavy atom. The Kier molecular flexibility index (Phi) is 6.19. The van der Waals surface area contributed by atoms with Crippen molar-refractivity contribution in [3.05, 3.63) is 59.2 Å². The largest absolute Gasteiger partial charge is 0.497 e. The molecule has 3 rings (SSSR count). The highest BCUT2D eigenvalue weighted by molar-refractivity contribution is 7.89. The summed E-state index contributed by atoms with van der Waals surface area (Å²) in [6.07, 6.45) is 2.30. The van der Waals surface area contributed by atoms with E-state index in [1.54, 1.807) is 19.2 Å². The fraction of sp³-hybridized carbons (Fsp3) is 0.429. The molecule has 0 aliphatic carbocycles. The van der Waals surface area contributed by atoms with Gasteiger partial charge in [-0.2, -0.15) is 0 Å². The smallest absolute Gasteiger partial charge is 0.240 e. The van der Waals surface area contributed by atoms with Crippen molar-refractivity contribution in [1.82, 2.24) is 9.62 Å². The number of rotatable bonds is 7. The minimum absolute atomic E-state index is 0.0136. The molecule has 0 radical (unpaired) electrons. The van der Waals surface area contributed by atoms with E-state index < -0.39 is 10.0 Å². The van der Waals surface area contributed by atoms with Gasteiger partial charge in [0.05, 0.1) is 12.0 Å². The van der Waals surface area contributed by atoms with Crippen molar-refractivity contribution < 1.29 is 13.2 Å². The zero-order valence-corrected chi connectivity index (χ0v) is 17.1. The Bertz CT molecular complexity index is 873. The van der Waals surface area contributed by atoms with Gasteiger partial charge in [-0.3, -0.25) is 4.90 Å². The number of methoxy groups -OCH3 is 1.